The average molecular weight is 266 g/mol. The zero-order valence-electron chi connectivity index (χ0n) is 9.51. The maximum atomic E-state index is 11.1. The van der Waals surface area contributed by atoms with Crippen LogP contribution in [0.4, 0.5) is 0 Å². The number of amides is 1. The summed E-state index contributed by atoms with van der Waals surface area (Å²) in [6, 6.07) is 5.01. The summed E-state index contributed by atoms with van der Waals surface area (Å²) in [5, 5.41) is 13.2. The lowest BCUT2D eigenvalue weighted by molar-refractivity contribution is 0.100. The van der Waals surface area contributed by atoms with Crippen LogP contribution in [0, 0.1) is 0 Å². The Morgan fingerprint density at radius 3 is 2.83 bits per heavy atom. The Balaban J connectivity index is 2.33. The Labute approximate surface area is 109 Å². The Morgan fingerprint density at radius 1 is 1.44 bits per heavy atom. The molecular formula is C12H12ClN3O2. The number of nitrogens with zero attached hydrogens (tertiary/aromatic N) is 2. The number of carbonyl (C=O) groups is 1. The minimum atomic E-state index is -0.553. The molecule has 94 valence electrons. The van der Waals surface area contributed by atoms with Crippen LogP contribution in [0.25, 0.3) is 11.1 Å². The number of aliphatic hydroxyl groups is 1. The van der Waals surface area contributed by atoms with E-state index in [1.165, 1.54) is 0 Å². The number of rotatable bonds is 4. The van der Waals surface area contributed by atoms with Gasteiger partial charge in [0, 0.05) is 11.8 Å². The fourth-order valence-electron chi connectivity index (χ4n) is 1.63. The van der Waals surface area contributed by atoms with Crippen molar-refractivity contribution in [3.8, 4) is 11.1 Å². The third-order valence-electron chi connectivity index (χ3n) is 2.53. The maximum absolute atomic E-state index is 11.1. The number of hydrogen-bond acceptors (Lipinski definition) is 3. The lowest BCUT2D eigenvalue weighted by Crippen LogP contribution is -2.11. The lowest BCUT2D eigenvalue weighted by Gasteiger charge is -2.02. The summed E-state index contributed by atoms with van der Waals surface area (Å²) in [5.74, 6) is -0.553. The zero-order chi connectivity index (χ0) is 13.1. The largest absolute Gasteiger partial charge is 0.394 e. The highest BCUT2D eigenvalue weighted by molar-refractivity contribution is 6.34. The second-order valence-corrected chi connectivity index (χ2v) is 4.18. The van der Waals surface area contributed by atoms with E-state index in [2.05, 4.69) is 5.10 Å². The van der Waals surface area contributed by atoms with Crippen LogP contribution in [-0.2, 0) is 6.54 Å². The fourth-order valence-corrected chi connectivity index (χ4v) is 1.91. The molecule has 0 spiro atoms. The minimum Gasteiger partial charge on any atom is -0.394 e. The molecule has 2 rings (SSSR count). The van der Waals surface area contributed by atoms with E-state index in [1.54, 1.807) is 35.3 Å². The number of hydrogen-bond donors (Lipinski definition) is 2. The first-order chi connectivity index (χ1) is 8.61. The van der Waals surface area contributed by atoms with Crippen LogP contribution in [0.1, 0.15) is 10.4 Å². The molecule has 18 heavy (non-hydrogen) atoms. The van der Waals surface area contributed by atoms with Crippen LogP contribution in [0.2, 0.25) is 5.02 Å². The van der Waals surface area contributed by atoms with E-state index in [0.717, 1.165) is 11.1 Å². The van der Waals surface area contributed by atoms with Gasteiger partial charge in [-0.2, -0.15) is 5.10 Å². The van der Waals surface area contributed by atoms with Crippen LogP contribution in [-0.4, -0.2) is 27.4 Å². The Bertz CT molecular complexity index is 580. The molecule has 0 atom stereocenters. The first kappa shape index (κ1) is 12.6. The van der Waals surface area contributed by atoms with Crippen LogP contribution >= 0.6 is 11.6 Å². The van der Waals surface area contributed by atoms with E-state index in [1.807, 2.05) is 0 Å². The summed E-state index contributed by atoms with van der Waals surface area (Å²) in [4.78, 5) is 11.1. The van der Waals surface area contributed by atoms with E-state index >= 15 is 0 Å². The van der Waals surface area contributed by atoms with Crippen molar-refractivity contribution in [1.29, 1.82) is 0 Å². The van der Waals surface area contributed by atoms with Gasteiger partial charge in [-0.1, -0.05) is 17.7 Å². The van der Waals surface area contributed by atoms with Gasteiger partial charge in [0.1, 0.15) is 0 Å². The third kappa shape index (κ3) is 2.52. The van der Waals surface area contributed by atoms with Gasteiger partial charge in [0.05, 0.1) is 29.9 Å². The van der Waals surface area contributed by atoms with Crippen molar-refractivity contribution in [1.82, 2.24) is 9.78 Å². The molecule has 0 radical (unpaired) electrons. The van der Waals surface area contributed by atoms with Gasteiger partial charge in [-0.25, -0.2) is 0 Å². The summed E-state index contributed by atoms with van der Waals surface area (Å²) in [6.45, 7) is 0.468. The molecule has 1 aromatic heterocycles. The molecule has 5 nitrogen and oxygen atoms in total. The molecular weight excluding hydrogens is 254 g/mol. The van der Waals surface area contributed by atoms with Crippen molar-refractivity contribution in [2.75, 3.05) is 6.61 Å². The molecule has 3 N–H and O–H groups in total. The predicted molar refractivity (Wildman–Crippen MR) is 68.3 cm³/mol. The molecule has 2 aromatic rings. The van der Waals surface area contributed by atoms with Crippen molar-refractivity contribution >= 4 is 17.5 Å². The van der Waals surface area contributed by atoms with Gasteiger partial charge in [0.25, 0.3) is 0 Å². The third-order valence-corrected chi connectivity index (χ3v) is 2.84. The number of halogens is 1. The molecule has 0 unspecified atom stereocenters. The summed E-state index contributed by atoms with van der Waals surface area (Å²) < 4.78 is 1.63. The van der Waals surface area contributed by atoms with E-state index < -0.39 is 5.91 Å². The molecule has 1 amide bonds. The second kappa shape index (κ2) is 5.20. The van der Waals surface area contributed by atoms with Gasteiger partial charge in [-0.3, -0.25) is 9.48 Å². The van der Waals surface area contributed by atoms with E-state index in [-0.39, 0.29) is 6.61 Å². The first-order valence-corrected chi connectivity index (χ1v) is 5.72. The summed E-state index contributed by atoms with van der Waals surface area (Å²) in [5.41, 5.74) is 7.18. The average Bonchev–Trinajstić information content (AvgIpc) is 2.77. The van der Waals surface area contributed by atoms with Crippen molar-refractivity contribution < 1.29 is 9.90 Å². The molecule has 0 bridgehead atoms. The number of aliphatic hydroxyl groups excluding tert-OH is 1. The quantitative estimate of drug-likeness (QED) is 0.874. The molecule has 0 aliphatic heterocycles. The molecule has 1 aromatic carbocycles. The van der Waals surface area contributed by atoms with Crippen molar-refractivity contribution in [2.24, 2.45) is 5.73 Å². The van der Waals surface area contributed by atoms with Gasteiger partial charge in [-0.05, 0) is 17.7 Å². The SMILES string of the molecule is NC(=O)c1ccc(-c2cnn(CCO)c2)cc1Cl. The predicted octanol–water partition coefficient (Wildman–Crippen LogP) is 1.29. The summed E-state index contributed by atoms with van der Waals surface area (Å²) in [6.07, 6.45) is 3.47. The first-order valence-electron chi connectivity index (χ1n) is 5.35. The molecule has 0 saturated carbocycles. The van der Waals surface area contributed by atoms with Gasteiger partial charge in [-0.15, -0.1) is 0 Å². The van der Waals surface area contributed by atoms with Gasteiger partial charge in [0.15, 0.2) is 0 Å². The Morgan fingerprint density at radius 2 is 2.22 bits per heavy atom. The van der Waals surface area contributed by atoms with E-state index in [4.69, 9.17) is 22.4 Å². The van der Waals surface area contributed by atoms with Crippen LogP contribution in [0.5, 0.6) is 0 Å². The monoisotopic (exact) mass is 265 g/mol. The highest BCUT2D eigenvalue weighted by Crippen LogP contribution is 2.25. The molecule has 6 heteroatoms. The number of benzene rings is 1. The molecule has 0 aliphatic rings. The van der Waals surface area contributed by atoms with Crippen molar-refractivity contribution in [3.05, 3.63) is 41.2 Å². The zero-order valence-corrected chi connectivity index (χ0v) is 10.3. The van der Waals surface area contributed by atoms with Gasteiger partial charge < -0.3 is 10.8 Å². The number of aromatic nitrogens is 2. The van der Waals surface area contributed by atoms with Crippen molar-refractivity contribution in [2.45, 2.75) is 6.54 Å². The topological polar surface area (TPSA) is 81.1 Å². The maximum Gasteiger partial charge on any atom is 0.250 e. The highest BCUT2D eigenvalue weighted by Gasteiger charge is 2.09. The van der Waals surface area contributed by atoms with Crippen molar-refractivity contribution in [3.63, 3.8) is 0 Å². The number of carbonyl (C=O) groups excluding carboxylic acids is 1. The Hall–Kier alpha value is -1.85. The molecule has 0 aliphatic carbocycles. The van der Waals surface area contributed by atoms with Gasteiger partial charge >= 0.3 is 0 Å². The van der Waals surface area contributed by atoms with Crippen LogP contribution < -0.4 is 5.73 Å². The lowest BCUT2D eigenvalue weighted by atomic mass is 10.1. The Kier molecular flexibility index (Phi) is 3.64. The normalized spacial score (nSPS) is 10.6. The molecule has 0 saturated heterocycles. The van der Waals surface area contributed by atoms with E-state index in [9.17, 15) is 4.79 Å². The highest BCUT2D eigenvalue weighted by atomic mass is 35.5. The van der Waals surface area contributed by atoms with E-state index in [0.29, 0.717) is 17.1 Å². The molecule has 1 heterocycles. The second-order valence-electron chi connectivity index (χ2n) is 3.77. The summed E-state index contributed by atoms with van der Waals surface area (Å²) in [7, 11) is 0. The van der Waals surface area contributed by atoms with Crippen LogP contribution in [0.3, 0.4) is 0 Å². The number of nitrogens with two attached hydrogens (primary N) is 1. The van der Waals surface area contributed by atoms with Crippen LogP contribution in [0.15, 0.2) is 30.6 Å². The number of primary amides is 1. The van der Waals surface area contributed by atoms with Gasteiger partial charge in [0.2, 0.25) is 5.91 Å². The molecule has 0 fully saturated rings. The fraction of sp³-hybridized carbons (Fsp3) is 0.167. The summed E-state index contributed by atoms with van der Waals surface area (Å²) >= 11 is 5.97. The minimum absolute atomic E-state index is 0.0302. The standard InChI is InChI=1S/C12H12ClN3O2/c13-11-5-8(1-2-10(11)12(14)18)9-6-15-16(7-9)3-4-17/h1-2,5-7,17H,3-4H2,(H2,14,18). The smallest absolute Gasteiger partial charge is 0.250 e.